The van der Waals surface area contributed by atoms with Gasteiger partial charge in [0.25, 0.3) is 5.91 Å². The largest absolute Gasteiger partial charge is 0.379 e. The molecule has 1 aromatic rings. The number of aryl methyl sites for hydroxylation is 1. The number of nitrogens with one attached hydrogen (secondary N) is 2. The van der Waals surface area contributed by atoms with Crippen LogP contribution >= 0.6 is 11.6 Å². The van der Waals surface area contributed by atoms with Crippen molar-refractivity contribution in [3.05, 3.63) is 28.3 Å². The molecule has 20 heavy (non-hydrogen) atoms. The smallest absolute Gasteiger partial charge is 0.254 e. The molecule has 112 valence electrons. The van der Waals surface area contributed by atoms with Crippen molar-refractivity contribution in [3.63, 3.8) is 0 Å². The first-order chi connectivity index (χ1) is 9.32. The molecule has 0 aromatic heterocycles. The van der Waals surface area contributed by atoms with Gasteiger partial charge in [-0.15, -0.1) is 0 Å². The van der Waals surface area contributed by atoms with Gasteiger partial charge in [0.2, 0.25) is 0 Å². The Morgan fingerprint density at radius 2 is 1.95 bits per heavy atom. The zero-order chi connectivity index (χ0) is 15.3. The van der Waals surface area contributed by atoms with Crippen molar-refractivity contribution in [1.82, 2.24) is 5.32 Å². The van der Waals surface area contributed by atoms with Crippen molar-refractivity contribution < 1.29 is 4.79 Å². The second kappa shape index (κ2) is 6.98. The molecule has 2 N–H and O–H groups in total. The Morgan fingerprint density at radius 3 is 2.50 bits per heavy atom. The molecule has 0 radical (unpaired) electrons. The summed E-state index contributed by atoms with van der Waals surface area (Å²) in [6, 6.07) is 3.87. The van der Waals surface area contributed by atoms with Crippen LogP contribution in [0, 0.1) is 6.92 Å². The van der Waals surface area contributed by atoms with E-state index in [-0.39, 0.29) is 11.4 Å². The Labute approximate surface area is 127 Å². The molecule has 4 heteroatoms. The minimum absolute atomic E-state index is 0.0849. The number of carbonyl (C=O) groups excluding carboxylic acids is 1. The Bertz CT molecular complexity index is 484. The molecule has 1 aromatic carbocycles. The van der Waals surface area contributed by atoms with Gasteiger partial charge in [-0.3, -0.25) is 4.79 Å². The minimum atomic E-state index is -0.116. The predicted molar refractivity (Wildman–Crippen MR) is 86.8 cm³/mol. The molecule has 0 heterocycles. The highest BCUT2D eigenvalue weighted by atomic mass is 35.5. The summed E-state index contributed by atoms with van der Waals surface area (Å²) in [4.78, 5) is 12.3. The third-order valence-corrected chi connectivity index (χ3v) is 3.94. The van der Waals surface area contributed by atoms with E-state index in [0.29, 0.717) is 17.1 Å². The lowest BCUT2D eigenvalue weighted by Gasteiger charge is -2.28. The second-order valence-corrected chi connectivity index (χ2v) is 6.12. The van der Waals surface area contributed by atoms with Crippen molar-refractivity contribution in [2.75, 3.05) is 11.9 Å². The monoisotopic (exact) mass is 296 g/mol. The highest BCUT2D eigenvalue weighted by molar-refractivity contribution is 6.35. The fourth-order valence-electron chi connectivity index (χ4n) is 1.79. The third kappa shape index (κ3) is 4.14. The Balaban J connectivity index is 3.17. The lowest BCUT2D eigenvalue weighted by Crippen LogP contribution is -2.32. The molecule has 0 spiro atoms. The summed E-state index contributed by atoms with van der Waals surface area (Å²) in [5.41, 5.74) is 2.16. The molecular weight excluding hydrogens is 272 g/mol. The Hall–Kier alpha value is -1.22. The highest BCUT2D eigenvalue weighted by Crippen LogP contribution is 2.30. The van der Waals surface area contributed by atoms with Gasteiger partial charge in [0.15, 0.2) is 0 Å². The van der Waals surface area contributed by atoms with Gasteiger partial charge >= 0.3 is 0 Å². The van der Waals surface area contributed by atoms with Crippen LogP contribution in [-0.4, -0.2) is 18.0 Å². The fourth-order valence-corrected chi connectivity index (χ4v) is 2.04. The summed E-state index contributed by atoms with van der Waals surface area (Å²) in [6.07, 6.45) is 1.85. The van der Waals surface area contributed by atoms with E-state index in [1.807, 2.05) is 26.0 Å². The van der Waals surface area contributed by atoms with Crippen LogP contribution in [0.2, 0.25) is 5.02 Å². The van der Waals surface area contributed by atoms with Gasteiger partial charge < -0.3 is 10.6 Å². The number of halogens is 1. The first kappa shape index (κ1) is 16.8. The molecule has 0 bridgehead atoms. The van der Waals surface area contributed by atoms with Gasteiger partial charge in [0.05, 0.1) is 10.6 Å². The van der Waals surface area contributed by atoms with Crippen LogP contribution in [0.3, 0.4) is 0 Å². The summed E-state index contributed by atoms with van der Waals surface area (Å²) in [6.45, 7) is 10.9. The lowest BCUT2D eigenvalue weighted by molar-refractivity contribution is 0.0954. The molecule has 0 aliphatic carbocycles. The fraction of sp³-hybridized carbons (Fsp3) is 0.562. The first-order valence-electron chi connectivity index (χ1n) is 7.18. The average molecular weight is 297 g/mol. The lowest BCUT2D eigenvalue weighted by atomic mass is 9.99. The van der Waals surface area contributed by atoms with Crippen LogP contribution in [0.25, 0.3) is 0 Å². The first-order valence-corrected chi connectivity index (χ1v) is 7.55. The number of benzene rings is 1. The van der Waals surface area contributed by atoms with Crippen LogP contribution in [0.1, 0.15) is 56.5 Å². The predicted octanol–water partition coefficient (Wildman–Crippen LogP) is 4.39. The normalized spacial score (nSPS) is 11.3. The Morgan fingerprint density at radius 1 is 1.30 bits per heavy atom. The third-order valence-electron chi connectivity index (χ3n) is 3.45. The van der Waals surface area contributed by atoms with Crippen molar-refractivity contribution >= 4 is 23.2 Å². The molecule has 0 aliphatic heterocycles. The maximum absolute atomic E-state index is 12.3. The van der Waals surface area contributed by atoms with Crippen LogP contribution < -0.4 is 10.6 Å². The summed E-state index contributed by atoms with van der Waals surface area (Å²) in [5.74, 6) is -0.116. The second-order valence-electron chi connectivity index (χ2n) is 5.74. The summed E-state index contributed by atoms with van der Waals surface area (Å²) in [7, 11) is 0. The maximum atomic E-state index is 12.3. The van der Waals surface area contributed by atoms with Gasteiger partial charge in [0.1, 0.15) is 0 Å². The van der Waals surface area contributed by atoms with Gasteiger partial charge in [-0.05, 0) is 45.2 Å². The van der Waals surface area contributed by atoms with Crippen molar-refractivity contribution in [2.24, 2.45) is 0 Å². The van der Waals surface area contributed by atoms with E-state index in [9.17, 15) is 4.79 Å². The van der Waals surface area contributed by atoms with Crippen LogP contribution in [0.4, 0.5) is 5.69 Å². The summed E-state index contributed by atoms with van der Waals surface area (Å²) < 4.78 is 0. The number of hydrogen-bond donors (Lipinski definition) is 2. The number of hydrogen-bond acceptors (Lipinski definition) is 2. The van der Waals surface area contributed by atoms with E-state index in [2.05, 4.69) is 31.4 Å². The van der Waals surface area contributed by atoms with Gasteiger partial charge in [-0.1, -0.05) is 31.5 Å². The molecule has 0 aliphatic rings. The molecule has 1 rings (SSSR count). The van der Waals surface area contributed by atoms with Crippen molar-refractivity contribution in [3.8, 4) is 0 Å². The van der Waals surface area contributed by atoms with Crippen molar-refractivity contribution in [2.45, 2.75) is 53.0 Å². The molecule has 0 fully saturated rings. The molecule has 0 saturated carbocycles. The molecule has 1 amide bonds. The standard InChI is InChI=1S/C16H25ClN2O/c1-6-10-18-15(20)13-12(19-16(4,5)7-2)9-8-11(3)14(13)17/h8-9,19H,6-7,10H2,1-5H3,(H,18,20). The average Bonchev–Trinajstić information content (AvgIpc) is 2.40. The van der Waals surface area contributed by atoms with E-state index in [4.69, 9.17) is 11.6 Å². The molecule has 0 atom stereocenters. The Kier molecular flexibility index (Phi) is 5.88. The van der Waals surface area contributed by atoms with E-state index < -0.39 is 0 Å². The van der Waals surface area contributed by atoms with Crippen LogP contribution in [0.15, 0.2) is 12.1 Å². The summed E-state index contributed by atoms with van der Waals surface area (Å²) in [5, 5.41) is 6.84. The van der Waals surface area contributed by atoms with Crippen LogP contribution in [-0.2, 0) is 0 Å². The zero-order valence-corrected chi connectivity index (χ0v) is 13.8. The molecule has 0 saturated heterocycles. The van der Waals surface area contributed by atoms with Gasteiger partial charge in [0, 0.05) is 17.8 Å². The van der Waals surface area contributed by atoms with E-state index in [0.717, 1.165) is 24.1 Å². The van der Waals surface area contributed by atoms with Gasteiger partial charge in [-0.2, -0.15) is 0 Å². The highest BCUT2D eigenvalue weighted by Gasteiger charge is 2.21. The van der Waals surface area contributed by atoms with Gasteiger partial charge in [-0.25, -0.2) is 0 Å². The minimum Gasteiger partial charge on any atom is -0.379 e. The number of carbonyl (C=O) groups is 1. The van der Waals surface area contributed by atoms with E-state index >= 15 is 0 Å². The van der Waals surface area contributed by atoms with Crippen molar-refractivity contribution in [1.29, 1.82) is 0 Å². The number of anilines is 1. The van der Waals surface area contributed by atoms with Crippen LogP contribution in [0.5, 0.6) is 0 Å². The number of rotatable bonds is 6. The maximum Gasteiger partial charge on any atom is 0.254 e. The molecule has 0 unspecified atom stereocenters. The molecular formula is C16H25ClN2O. The zero-order valence-electron chi connectivity index (χ0n) is 13.1. The van der Waals surface area contributed by atoms with E-state index in [1.165, 1.54) is 0 Å². The number of amides is 1. The quantitative estimate of drug-likeness (QED) is 0.817. The topological polar surface area (TPSA) is 41.1 Å². The molecule has 3 nitrogen and oxygen atoms in total. The van der Waals surface area contributed by atoms with E-state index in [1.54, 1.807) is 0 Å². The summed E-state index contributed by atoms with van der Waals surface area (Å²) >= 11 is 6.34. The SMILES string of the molecule is CCCNC(=O)c1c(NC(C)(C)CC)ccc(C)c1Cl.